The summed E-state index contributed by atoms with van der Waals surface area (Å²) < 4.78 is 11.5. The summed E-state index contributed by atoms with van der Waals surface area (Å²) in [5, 5.41) is 11.5. The summed E-state index contributed by atoms with van der Waals surface area (Å²) in [6, 6.07) is 66.1. The molecule has 6 nitrogen and oxygen atoms in total. The third kappa shape index (κ3) is 4.71. The average molecular weight is 754 g/mol. The van der Waals surface area contributed by atoms with Crippen LogP contribution in [0, 0.1) is 0 Å². The molecular formula is C53H31N5O. The number of fused-ring (bicyclic) bond motifs is 13. The number of hydrogen-bond acceptors (Lipinski definition) is 4. The highest BCUT2D eigenvalue weighted by Gasteiger charge is 2.24. The fourth-order valence-corrected chi connectivity index (χ4v) is 9.28. The zero-order valence-electron chi connectivity index (χ0n) is 31.5. The maximum Gasteiger partial charge on any atom is 0.238 e. The molecule has 13 aromatic rings. The Bertz CT molecular complexity index is 3780. The zero-order chi connectivity index (χ0) is 38.6. The molecule has 0 spiro atoms. The fourth-order valence-electron chi connectivity index (χ4n) is 9.28. The molecule has 0 atom stereocenters. The summed E-state index contributed by atoms with van der Waals surface area (Å²) >= 11 is 0. The van der Waals surface area contributed by atoms with Gasteiger partial charge in [-0.3, -0.25) is 4.57 Å². The molecule has 59 heavy (non-hydrogen) atoms. The molecule has 6 heteroatoms. The van der Waals surface area contributed by atoms with Crippen LogP contribution in [0.5, 0.6) is 0 Å². The topological polar surface area (TPSA) is 61.7 Å². The van der Waals surface area contributed by atoms with Gasteiger partial charge in [0, 0.05) is 43.7 Å². The van der Waals surface area contributed by atoms with Crippen LogP contribution in [0.2, 0.25) is 0 Å². The Morgan fingerprint density at radius 2 is 0.983 bits per heavy atom. The van der Waals surface area contributed by atoms with Gasteiger partial charge in [-0.2, -0.15) is 9.97 Å². The van der Waals surface area contributed by atoms with Crippen LogP contribution >= 0.6 is 0 Å². The molecular weight excluding hydrogens is 723 g/mol. The van der Waals surface area contributed by atoms with E-state index in [2.05, 4.69) is 137 Å². The number of para-hydroxylation sites is 1. The molecule has 0 saturated heterocycles. The van der Waals surface area contributed by atoms with Crippen molar-refractivity contribution in [3.63, 3.8) is 0 Å². The van der Waals surface area contributed by atoms with Gasteiger partial charge in [-0.05, 0) is 76.1 Å². The van der Waals surface area contributed by atoms with E-state index in [1.165, 1.54) is 32.3 Å². The maximum atomic E-state index is 6.96. The van der Waals surface area contributed by atoms with Crippen LogP contribution < -0.4 is 0 Å². The van der Waals surface area contributed by atoms with Crippen molar-refractivity contribution >= 4 is 87.1 Å². The molecule has 9 aromatic carbocycles. The van der Waals surface area contributed by atoms with E-state index in [4.69, 9.17) is 19.4 Å². The minimum atomic E-state index is 0.537. The lowest BCUT2D eigenvalue weighted by Crippen LogP contribution is -2.06. The Morgan fingerprint density at radius 3 is 1.75 bits per heavy atom. The first-order valence-corrected chi connectivity index (χ1v) is 19.9. The Balaban J connectivity index is 1.16. The first-order chi connectivity index (χ1) is 29.2. The van der Waals surface area contributed by atoms with Gasteiger partial charge in [0.15, 0.2) is 11.6 Å². The van der Waals surface area contributed by atoms with Gasteiger partial charge < -0.3 is 8.98 Å². The van der Waals surface area contributed by atoms with Gasteiger partial charge in [0.05, 0.1) is 27.5 Å². The van der Waals surface area contributed by atoms with Crippen molar-refractivity contribution in [3.8, 4) is 34.4 Å². The van der Waals surface area contributed by atoms with Gasteiger partial charge in [-0.25, -0.2) is 4.98 Å². The monoisotopic (exact) mass is 753 g/mol. The molecule has 0 N–H and O–H groups in total. The summed E-state index contributed by atoms with van der Waals surface area (Å²) in [7, 11) is 0. The van der Waals surface area contributed by atoms with E-state index in [1.54, 1.807) is 0 Å². The molecule has 0 unspecified atom stereocenters. The summed E-state index contributed by atoms with van der Waals surface area (Å²) in [5.41, 5.74) is 8.82. The van der Waals surface area contributed by atoms with Gasteiger partial charge in [-0.1, -0.05) is 133 Å². The first-order valence-electron chi connectivity index (χ1n) is 19.9. The smallest absolute Gasteiger partial charge is 0.238 e. The molecule has 0 aliphatic rings. The van der Waals surface area contributed by atoms with Crippen LogP contribution in [0.25, 0.3) is 122 Å². The van der Waals surface area contributed by atoms with Gasteiger partial charge in [0.25, 0.3) is 0 Å². The van der Waals surface area contributed by atoms with Crippen molar-refractivity contribution in [3.05, 3.63) is 188 Å². The highest BCUT2D eigenvalue weighted by Crippen LogP contribution is 2.44. The molecule has 274 valence electrons. The molecule has 4 aromatic heterocycles. The van der Waals surface area contributed by atoms with E-state index >= 15 is 0 Å². The van der Waals surface area contributed by atoms with E-state index in [0.29, 0.717) is 17.6 Å². The lowest BCUT2D eigenvalue weighted by molar-refractivity contribution is 0.673. The lowest BCUT2D eigenvalue weighted by atomic mass is 10.0. The second-order valence-electron chi connectivity index (χ2n) is 15.2. The summed E-state index contributed by atoms with van der Waals surface area (Å²) in [6.07, 6.45) is 0. The molecule has 0 amide bonds. The van der Waals surface area contributed by atoms with Crippen molar-refractivity contribution in [2.45, 2.75) is 0 Å². The Kier molecular flexibility index (Phi) is 6.63. The summed E-state index contributed by atoms with van der Waals surface area (Å²) in [4.78, 5) is 15.5. The molecule has 0 radical (unpaired) electrons. The highest BCUT2D eigenvalue weighted by molar-refractivity contribution is 6.28. The molecule has 0 fully saturated rings. The van der Waals surface area contributed by atoms with Crippen LogP contribution in [0.4, 0.5) is 0 Å². The van der Waals surface area contributed by atoms with E-state index in [-0.39, 0.29) is 0 Å². The van der Waals surface area contributed by atoms with E-state index in [1.807, 2.05) is 60.7 Å². The number of furan rings is 1. The molecule has 0 saturated carbocycles. The summed E-state index contributed by atoms with van der Waals surface area (Å²) in [6.45, 7) is 0. The van der Waals surface area contributed by atoms with Crippen molar-refractivity contribution in [2.24, 2.45) is 0 Å². The van der Waals surface area contributed by atoms with Crippen molar-refractivity contribution in [1.82, 2.24) is 24.1 Å². The van der Waals surface area contributed by atoms with Gasteiger partial charge >= 0.3 is 0 Å². The SMILES string of the molecule is c1ccc(-c2nc(-c3ccccc3)nc(-n3c4ccc(-n5c6ccccc6c6cc7ccccc7cc65)cc4c4c5oc6ccc7ccccc7c6c5ccc43)n2)cc1. The second-order valence-corrected chi connectivity index (χ2v) is 15.2. The molecule has 4 heterocycles. The van der Waals surface area contributed by atoms with Crippen LogP contribution in [0.15, 0.2) is 192 Å². The Hall–Kier alpha value is -8.09. The molecule has 0 aliphatic heterocycles. The molecule has 13 rings (SSSR count). The second kappa shape index (κ2) is 12.2. The fraction of sp³-hybridized carbons (Fsp3) is 0. The van der Waals surface area contributed by atoms with E-state index in [0.717, 1.165) is 71.6 Å². The average Bonchev–Trinajstić information content (AvgIpc) is 3.96. The third-order valence-electron chi connectivity index (χ3n) is 11.9. The Morgan fingerprint density at radius 1 is 0.356 bits per heavy atom. The summed E-state index contributed by atoms with van der Waals surface area (Å²) in [5.74, 6) is 1.75. The lowest BCUT2D eigenvalue weighted by Gasteiger charge is -2.12. The van der Waals surface area contributed by atoms with Crippen LogP contribution in [0.3, 0.4) is 0 Å². The van der Waals surface area contributed by atoms with Crippen molar-refractivity contribution in [1.29, 1.82) is 0 Å². The minimum absolute atomic E-state index is 0.537. The minimum Gasteiger partial charge on any atom is -0.455 e. The number of nitrogens with zero attached hydrogens (tertiary/aromatic N) is 5. The number of benzene rings is 9. The van der Waals surface area contributed by atoms with Gasteiger partial charge in [0.1, 0.15) is 11.2 Å². The quantitative estimate of drug-likeness (QED) is 0.180. The maximum absolute atomic E-state index is 6.96. The molecule has 0 bridgehead atoms. The van der Waals surface area contributed by atoms with Crippen LogP contribution in [0.1, 0.15) is 0 Å². The van der Waals surface area contributed by atoms with E-state index < -0.39 is 0 Å². The van der Waals surface area contributed by atoms with Crippen LogP contribution in [-0.2, 0) is 0 Å². The first kappa shape index (κ1) is 32.0. The highest BCUT2D eigenvalue weighted by atomic mass is 16.3. The van der Waals surface area contributed by atoms with Crippen LogP contribution in [-0.4, -0.2) is 24.1 Å². The van der Waals surface area contributed by atoms with Gasteiger partial charge in [-0.15, -0.1) is 0 Å². The zero-order valence-corrected chi connectivity index (χ0v) is 31.5. The number of rotatable bonds is 4. The van der Waals surface area contributed by atoms with Crippen molar-refractivity contribution in [2.75, 3.05) is 0 Å². The standard InChI is InChI=1S/C53H31N5O/c1-3-14-33(15-4-1)51-54-52(34-16-5-2-6-17-34)56-53(55-51)58-44-26-24-37(57-43-22-12-11-21-39(43)41-29-35-18-7-8-19-36(35)30-46(41)57)31-42(44)49-45(58)27-25-40-48-38-20-10-9-13-32(38)23-28-47(48)59-50(40)49/h1-31H. The predicted octanol–water partition coefficient (Wildman–Crippen LogP) is 13.6. The number of aromatic nitrogens is 5. The largest absolute Gasteiger partial charge is 0.455 e. The van der Waals surface area contributed by atoms with Gasteiger partial charge in [0.2, 0.25) is 5.95 Å². The van der Waals surface area contributed by atoms with Crippen molar-refractivity contribution < 1.29 is 4.42 Å². The molecule has 0 aliphatic carbocycles. The van der Waals surface area contributed by atoms with E-state index in [9.17, 15) is 0 Å². The third-order valence-corrected chi connectivity index (χ3v) is 11.9. The normalized spacial score (nSPS) is 12.1. The Labute approximate surface area is 336 Å². The predicted molar refractivity (Wildman–Crippen MR) is 242 cm³/mol. The number of hydrogen-bond donors (Lipinski definition) is 0.